The van der Waals surface area contributed by atoms with Gasteiger partial charge < -0.3 is 10.2 Å². The van der Waals surface area contributed by atoms with Gasteiger partial charge in [-0.3, -0.25) is 0 Å². The Kier molecular flexibility index (Phi) is 4.88. The highest BCUT2D eigenvalue weighted by Crippen LogP contribution is 2.37. The molecule has 8 nitrogen and oxygen atoms in total. The summed E-state index contributed by atoms with van der Waals surface area (Å²) in [4.78, 5) is 17.0. The van der Waals surface area contributed by atoms with E-state index in [9.17, 15) is 8.42 Å². The molecular weight excluding hydrogens is 396 g/mol. The van der Waals surface area contributed by atoms with Crippen LogP contribution in [0.1, 0.15) is 16.3 Å². The topological polar surface area (TPSA) is 114 Å². The van der Waals surface area contributed by atoms with Gasteiger partial charge in [0.2, 0.25) is 16.0 Å². The average molecular weight is 417 g/mol. The van der Waals surface area contributed by atoms with Gasteiger partial charge >= 0.3 is 0 Å². The minimum atomic E-state index is -3.77. The highest BCUT2D eigenvalue weighted by atomic mass is 32.2. The third-order valence-electron chi connectivity index (χ3n) is 4.32. The van der Waals surface area contributed by atoms with E-state index in [1.165, 1.54) is 12.1 Å². The van der Waals surface area contributed by atoms with Crippen molar-refractivity contribution < 1.29 is 8.42 Å². The van der Waals surface area contributed by atoms with Crippen LogP contribution < -0.4 is 10.5 Å². The number of benzene rings is 1. The summed E-state index contributed by atoms with van der Waals surface area (Å²) < 4.78 is 23.1. The summed E-state index contributed by atoms with van der Waals surface area (Å²) in [5.74, 6) is 0.403. The Labute approximate surface area is 167 Å². The fourth-order valence-corrected chi connectivity index (χ4v) is 4.89. The van der Waals surface area contributed by atoms with Crippen LogP contribution in [0.2, 0.25) is 0 Å². The summed E-state index contributed by atoms with van der Waals surface area (Å²) in [6, 6.07) is 6.27. The average Bonchev–Trinajstić information content (AvgIpc) is 3.03. The maximum atomic E-state index is 11.6. The third-order valence-corrected chi connectivity index (χ3v) is 6.32. The second kappa shape index (κ2) is 7.21. The van der Waals surface area contributed by atoms with Crippen molar-refractivity contribution in [1.82, 2.24) is 19.9 Å². The maximum Gasteiger partial charge on any atom is 0.238 e. The Morgan fingerprint density at radius 2 is 2.07 bits per heavy atom. The molecule has 1 aliphatic rings. The number of primary sulfonamides is 1. The molecular formula is C18H20N6O2S2. The van der Waals surface area contributed by atoms with Gasteiger partial charge in [0.15, 0.2) is 0 Å². The van der Waals surface area contributed by atoms with Gasteiger partial charge in [-0.05, 0) is 50.7 Å². The lowest BCUT2D eigenvalue weighted by molar-refractivity contribution is 0.401. The van der Waals surface area contributed by atoms with Crippen LogP contribution in [0.3, 0.4) is 0 Å². The Morgan fingerprint density at radius 3 is 2.82 bits per heavy atom. The van der Waals surface area contributed by atoms with Gasteiger partial charge in [0, 0.05) is 18.4 Å². The predicted octanol–water partition coefficient (Wildman–Crippen LogP) is 2.15. The lowest BCUT2D eigenvalue weighted by atomic mass is 10.00. The number of fused-ring (bicyclic) bond motifs is 3. The molecule has 0 aliphatic heterocycles. The summed E-state index contributed by atoms with van der Waals surface area (Å²) in [6.45, 7) is 0.795. The molecule has 0 fully saturated rings. The van der Waals surface area contributed by atoms with Crippen molar-refractivity contribution in [3.05, 3.63) is 46.7 Å². The van der Waals surface area contributed by atoms with Crippen LogP contribution in [0.5, 0.6) is 0 Å². The van der Waals surface area contributed by atoms with E-state index < -0.39 is 10.0 Å². The molecule has 0 saturated heterocycles. The van der Waals surface area contributed by atoms with Crippen LogP contribution in [-0.2, 0) is 29.4 Å². The number of sulfonamides is 1. The van der Waals surface area contributed by atoms with E-state index in [4.69, 9.17) is 10.1 Å². The van der Waals surface area contributed by atoms with Gasteiger partial charge in [-0.15, -0.1) is 11.3 Å². The molecule has 1 aliphatic carbocycles. The number of hydrogen-bond donors (Lipinski definition) is 2. The van der Waals surface area contributed by atoms with Crippen LogP contribution in [0.4, 0.5) is 11.6 Å². The maximum absolute atomic E-state index is 11.6. The molecule has 0 saturated carbocycles. The number of nitrogens with two attached hydrogens (primary N) is 1. The summed E-state index contributed by atoms with van der Waals surface area (Å²) in [5.41, 5.74) is 3.62. The lowest BCUT2D eigenvalue weighted by Gasteiger charge is -2.15. The first-order chi connectivity index (χ1) is 13.3. The zero-order valence-corrected chi connectivity index (χ0v) is 17.1. The predicted molar refractivity (Wildman–Crippen MR) is 109 cm³/mol. The summed E-state index contributed by atoms with van der Waals surface area (Å²) >= 11 is 1.66. The van der Waals surface area contributed by atoms with E-state index in [-0.39, 0.29) is 4.90 Å². The highest BCUT2D eigenvalue weighted by Gasteiger charge is 2.23. The molecule has 0 atom stereocenters. The van der Waals surface area contributed by atoms with Gasteiger partial charge in [-0.1, -0.05) is 6.07 Å². The number of aromatic nitrogens is 3. The van der Waals surface area contributed by atoms with Crippen molar-refractivity contribution in [3.8, 4) is 10.6 Å². The van der Waals surface area contributed by atoms with E-state index in [0.717, 1.165) is 46.2 Å². The van der Waals surface area contributed by atoms with Crippen molar-refractivity contribution in [2.75, 3.05) is 19.4 Å². The van der Waals surface area contributed by atoms with E-state index in [2.05, 4.69) is 20.2 Å². The molecule has 28 heavy (non-hydrogen) atoms. The first-order valence-electron chi connectivity index (χ1n) is 8.69. The molecule has 3 aromatic rings. The summed E-state index contributed by atoms with van der Waals surface area (Å²) in [7, 11) is 0.273. The van der Waals surface area contributed by atoms with E-state index in [0.29, 0.717) is 11.6 Å². The van der Waals surface area contributed by atoms with Crippen molar-refractivity contribution in [3.63, 3.8) is 0 Å². The zero-order chi connectivity index (χ0) is 19.9. The van der Waals surface area contributed by atoms with Crippen LogP contribution >= 0.6 is 11.3 Å². The molecule has 4 rings (SSSR count). The molecule has 2 heterocycles. The van der Waals surface area contributed by atoms with Crippen LogP contribution in [-0.4, -0.2) is 42.4 Å². The molecule has 10 heteroatoms. The van der Waals surface area contributed by atoms with E-state index >= 15 is 0 Å². The normalized spacial score (nSPS) is 13.3. The molecule has 0 unspecified atom stereocenters. The number of nitrogens with one attached hydrogen (secondary N) is 1. The Bertz CT molecular complexity index is 1140. The third kappa shape index (κ3) is 3.90. The monoisotopic (exact) mass is 416 g/mol. The first-order valence-corrected chi connectivity index (χ1v) is 11.1. The number of thiazole rings is 1. The molecule has 0 amide bonds. The standard InChI is InChI=1S/C18H20N6O2S2/c1-24(2)10-15-22-14-7-6-11-9-20-18(23-16(11)17(14)27-15)21-12-4-3-5-13(8-12)28(19,25)26/h3-5,8-9H,6-7,10H2,1-2H3,(H2,19,25,26)(H,20,21,23). The molecule has 0 spiro atoms. The SMILES string of the molecule is CN(C)Cc1nc2c(s1)-c1nc(Nc3cccc(S(N)(=O)=O)c3)ncc1CC2. The van der Waals surface area contributed by atoms with Crippen LogP contribution in [0, 0.1) is 0 Å². The van der Waals surface area contributed by atoms with Crippen molar-refractivity contribution in [1.29, 1.82) is 0 Å². The van der Waals surface area contributed by atoms with E-state index in [1.807, 2.05) is 20.3 Å². The zero-order valence-electron chi connectivity index (χ0n) is 15.5. The lowest BCUT2D eigenvalue weighted by Crippen LogP contribution is -2.12. The number of rotatable bonds is 5. The fraction of sp³-hybridized carbons (Fsp3) is 0.278. The minimum absolute atomic E-state index is 0.0357. The van der Waals surface area contributed by atoms with Gasteiger partial charge in [-0.25, -0.2) is 28.5 Å². The number of aryl methyl sites for hydroxylation is 2. The number of anilines is 2. The second-order valence-corrected chi connectivity index (χ2v) is 9.53. The van der Waals surface area contributed by atoms with Gasteiger partial charge in [0.05, 0.1) is 21.2 Å². The Balaban J connectivity index is 1.66. The molecule has 3 N–H and O–H groups in total. The summed E-state index contributed by atoms with van der Waals surface area (Å²) in [6.07, 6.45) is 3.57. The largest absolute Gasteiger partial charge is 0.324 e. The molecule has 1 aromatic carbocycles. The highest BCUT2D eigenvalue weighted by molar-refractivity contribution is 7.89. The second-order valence-electron chi connectivity index (χ2n) is 6.89. The minimum Gasteiger partial charge on any atom is -0.324 e. The van der Waals surface area contributed by atoms with Gasteiger partial charge in [0.1, 0.15) is 5.01 Å². The van der Waals surface area contributed by atoms with Gasteiger partial charge in [-0.2, -0.15) is 0 Å². The fourth-order valence-electron chi connectivity index (χ4n) is 3.07. The molecule has 0 radical (unpaired) electrons. The van der Waals surface area contributed by atoms with Gasteiger partial charge in [0.25, 0.3) is 0 Å². The molecule has 146 valence electrons. The van der Waals surface area contributed by atoms with Crippen LogP contribution in [0.25, 0.3) is 10.6 Å². The van der Waals surface area contributed by atoms with Crippen molar-refractivity contribution in [2.45, 2.75) is 24.3 Å². The number of nitrogens with zero attached hydrogens (tertiary/aromatic N) is 4. The smallest absolute Gasteiger partial charge is 0.238 e. The molecule has 0 bridgehead atoms. The Hall–Kier alpha value is -2.40. The Morgan fingerprint density at radius 1 is 1.25 bits per heavy atom. The van der Waals surface area contributed by atoms with E-state index in [1.54, 1.807) is 23.5 Å². The van der Waals surface area contributed by atoms with Crippen molar-refractivity contribution in [2.24, 2.45) is 5.14 Å². The number of hydrogen-bond acceptors (Lipinski definition) is 8. The first kappa shape index (κ1) is 18.9. The van der Waals surface area contributed by atoms with Crippen molar-refractivity contribution >= 4 is 33.0 Å². The summed E-state index contributed by atoms with van der Waals surface area (Å²) in [5, 5.41) is 9.34. The quantitative estimate of drug-likeness (QED) is 0.655. The molecule has 2 aromatic heterocycles. The van der Waals surface area contributed by atoms with Crippen LogP contribution in [0.15, 0.2) is 35.4 Å².